The summed E-state index contributed by atoms with van der Waals surface area (Å²) in [6.07, 6.45) is 0. The Hall–Kier alpha value is -1.14. The number of hydrogen-bond donors (Lipinski definition) is 1. The van der Waals surface area contributed by atoms with Crippen LogP contribution in [0.4, 0.5) is 5.00 Å². The van der Waals surface area contributed by atoms with Gasteiger partial charge in [0, 0.05) is 34.4 Å². The number of nitrogen functional groups attached to an aromatic ring is 1. The molecule has 0 aliphatic heterocycles. The van der Waals surface area contributed by atoms with Gasteiger partial charge in [-0.05, 0) is 30.2 Å². The summed E-state index contributed by atoms with van der Waals surface area (Å²) in [7, 11) is 0. The van der Waals surface area contributed by atoms with Crippen LogP contribution in [0, 0.1) is 0 Å². The van der Waals surface area contributed by atoms with Gasteiger partial charge in [-0.25, -0.2) is 0 Å². The summed E-state index contributed by atoms with van der Waals surface area (Å²) < 4.78 is 8.34. The summed E-state index contributed by atoms with van der Waals surface area (Å²) in [6, 6.07) is 9.24. The third kappa shape index (κ3) is 1.74. The molecule has 1 aromatic carbocycles. The van der Waals surface area contributed by atoms with Gasteiger partial charge >= 0.3 is 0 Å². The number of anilines is 1. The molecule has 2 N–H and O–H groups in total. The van der Waals surface area contributed by atoms with Gasteiger partial charge in [0.15, 0.2) is 0 Å². The van der Waals surface area contributed by atoms with Gasteiger partial charge in [-0.2, -0.15) is 0 Å². The number of benzene rings is 1. The molecule has 0 amide bonds. The van der Waals surface area contributed by atoms with Crippen molar-refractivity contribution in [1.82, 2.24) is 0 Å². The number of rotatable bonds is 1. The van der Waals surface area contributed by atoms with Crippen LogP contribution in [0.2, 0.25) is 0 Å². The van der Waals surface area contributed by atoms with Crippen molar-refractivity contribution in [3.63, 3.8) is 0 Å². The zero-order valence-electron chi connectivity index (χ0n) is 12.1. The zero-order chi connectivity index (χ0) is 15.0. The quantitative estimate of drug-likeness (QED) is 0.335. The van der Waals surface area contributed by atoms with E-state index in [1.807, 2.05) is 34.0 Å². The highest BCUT2D eigenvalue weighted by Crippen LogP contribution is 2.47. The monoisotopic (exact) mass is 359 g/mol. The Balaban J connectivity index is 1.89. The Kier molecular flexibility index (Phi) is 2.69. The zero-order valence-corrected chi connectivity index (χ0v) is 15.4. The maximum absolute atomic E-state index is 5.96. The molecule has 5 aromatic rings. The van der Waals surface area contributed by atoms with Crippen LogP contribution in [-0.4, -0.2) is 0 Å². The van der Waals surface area contributed by atoms with Gasteiger partial charge in [0.1, 0.15) is 0 Å². The molecule has 0 radical (unpaired) electrons. The van der Waals surface area contributed by atoms with Crippen molar-refractivity contribution in [2.45, 2.75) is 19.8 Å². The van der Waals surface area contributed by atoms with Crippen molar-refractivity contribution < 1.29 is 0 Å². The fourth-order valence-electron chi connectivity index (χ4n) is 2.92. The van der Waals surface area contributed by atoms with E-state index in [0.29, 0.717) is 5.92 Å². The van der Waals surface area contributed by atoms with Gasteiger partial charge in [-0.15, -0.1) is 45.3 Å². The Bertz CT molecular complexity index is 1170. The third-order valence-corrected chi connectivity index (χ3v) is 8.94. The Morgan fingerprint density at radius 3 is 1.95 bits per heavy atom. The summed E-state index contributed by atoms with van der Waals surface area (Å²) >= 11 is 7.45. The number of hydrogen-bond acceptors (Lipinski definition) is 5. The summed E-state index contributed by atoms with van der Waals surface area (Å²) in [6.45, 7) is 4.54. The third-order valence-electron chi connectivity index (χ3n) is 4.01. The molecule has 110 valence electrons. The van der Waals surface area contributed by atoms with Crippen LogP contribution in [0.1, 0.15) is 24.6 Å². The molecule has 4 aromatic heterocycles. The number of nitrogens with two attached hydrogens (primary N) is 1. The summed E-state index contributed by atoms with van der Waals surface area (Å²) in [4.78, 5) is 1.49. The summed E-state index contributed by atoms with van der Waals surface area (Å²) in [5, 5.41) is 3.70. The average molecular weight is 360 g/mol. The largest absolute Gasteiger partial charge is 0.391 e. The van der Waals surface area contributed by atoms with Crippen LogP contribution < -0.4 is 5.73 Å². The van der Waals surface area contributed by atoms with E-state index in [2.05, 4.69) is 38.1 Å². The lowest BCUT2D eigenvalue weighted by atomic mass is 10.2. The smallest absolute Gasteiger partial charge is 0.0877 e. The van der Waals surface area contributed by atoms with E-state index in [1.165, 1.54) is 43.8 Å². The van der Waals surface area contributed by atoms with Gasteiger partial charge in [0.25, 0.3) is 0 Å². The SMILES string of the molecule is CC(C)c1cc2sc3cc4c(cc3c2s1)sc1cc(N)sc14. The molecule has 0 bridgehead atoms. The van der Waals surface area contributed by atoms with Gasteiger partial charge in [0.2, 0.25) is 0 Å². The van der Waals surface area contributed by atoms with Crippen LogP contribution in [0.15, 0.2) is 24.3 Å². The van der Waals surface area contributed by atoms with Crippen LogP contribution >= 0.6 is 45.3 Å². The molecule has 0 saturated carbocycles. The molecule has 0 fully saturated rings. The number of thiophene rings is 4. The molecular formula is C17H13NS4. The fraction of sp³-hybridized carbons (Fsp3) is 0.176. The standard InChI is InChI=1S/C17H13NS4/c1-7(2)10-5-13-16(21-10)8-3-12-9(4-11(8)19-13)17-14(20-12)6-15(18)22-17/h3-7H,18H2,1-2H3. The highest BCUT2D eigenvalue weighted by Gasteiger charge is 2.15. The molecule has 0 atom stereocenters. The first-order valence-electron chi connectivity index (χ1n) is 7.17. The second-order valence-corrected chi connectivity index (χ2v) is 10.2. The van der Waals surface area contributed by atoms with E-state index in [-0.39, 0.29) is 0 Å². The van der Waals surface area contributed by atoms with Crippen molar-refractivity contribution in [3.8, 4) is 0 Å². The highest BCUT2D eigenvalue weighted by atomic mass is 32.1. The molecule has 0 aliphatic rings. The molecule has 1 nitrogen and oxygen atoms in total. The van der Waals surface area contributed by atoms with Crippen LogP contribution in [0.5, 0.6) is 0 Å². The van der Waals surface area contributed by atoms with E-state index in [1.54, 1.807) is 11.3 Å². The lowest BCUT2D eigenvalue weighted by Gasteiger charge is -1.97. The second-order valence-electron chi connectivity index (χ2n) is 5.89. The minimum atomic E-state index is 0.610. The van der Waals surface area contributed by atoms with Crippen LogP contribution in [0.25, 0.3) is 39.0 Å². The Labute approximate surface area is 143 Å². The fourth-order valence-corrected chi connectivity index (χ4v) is 7.78. The van der Waals surface area contributed by atoms with Gasteiger partial charge < -0.3 is 5.73 Å². The van der Waals surface area contributed by atoms with E-state index in [4.69, 9.17) is 5.73 Å². The van der Waals surface area contributed by atoms with Crippen molar-refractivity contribution in [2.75, 3.05) is 5.73 Å². The van der Waals surface area contributed by atoms with Gasteiger partial charge in [-0.3, -0.25) is 0 Å². The van der Waals surface area contributed by atoms with E-state index in [9.17, 15) is 0 Å². The van der Waals surface area contributed by atoms with Gasteiger partial charge in [-0.1, -0.05) is 13.8 Å². The molecule has 22 heavy (non-hydrogen) atoms. The predicted molar refractivity (Wildman–Crippen MR) is 106 cm³/mol. The lowest BCUT2D eigenvalue weighted by Crippen LogP contribution is -1.77. The topological polar surface area (TPSA) is 26.0 Å². The van der Waals surface area contributed by atoms with Crippen molar-refractivity contribution in [3.05, 3.63) is 29.1 Å². The Morgan fingerprint density at radius 2 is 1.32 bits per heavy atom. The van der Waals surface area contributed by atoms with E-state index >= 15 is 0 Å². The van der Waals surface area contributed by atoms with Crippen molar-refractivity contribution in [2.24, 2.45) is 0 Å². The van der Waals surface area contributed by atoms with E-state index < -0.39 is 0 Å². The molecule has 5 heteroatoms. The maximum Gasteiger partial charge on any atom is 0.0877 e. The van der Waals surface area contributed by atoms with Crippen LogP contribution in [0.3, 0.4) is 0 Å². The van der Waals surface area contributed by atoms with Crippen molar-refractivity contribution >= 4 is 89.3 Å². The molecule has 0 unspecified atom stereocenters. The number of fused-ring (bicyclic) bond motifs is 6. The first-order valence-corrected chi connectivity index (χ1v) is 10.4. The minimum absolute atomic E-state index is 0.610. The highest BCUT2D eigenvalue weighted by molar-refractivity contribution is 7.35. The summed E-state index contributed by atoms with van der Waals surface area (Å²) in [5.74, 6) is 0.610. The molecule has 0 spiro atoms. The molecule has 5 rings (SSSR count). The predicted octanol–water partition coefficient (Wildman–Crippen LogP) is 7.25. The van der Waals surface area contributed by atoms with E-state index in [0.717, 1.165) is 5.00 Å². The molecule has 0 saturated heterocycles. The molecule has 4 heterocycles. The normalized spacial score (nSPS) is 12.7. The Morgan fingerprint density at radius 1 is 0.727 bits per heavy atom. The average Bonchev–Trinajstić information content (AvgIpc) is 3.15. The maximum atomic E-state index is 5.96. The lowest BCUT2D eigenvalue weighted by molar-refractivity contribution is 0.891. The minimum Gasteiger partial charge on any atom is -0.391 e. The van der Waals surface area contributed by atoms with Crippen molar-refractivity contribution in [1.29, 1.82) is 0 Å². The summed E-state index contributed by atoms with van der Waals surface area (Å²) in [5.41, 5.74) is 5.96. The first kappa shape index (κ1) is 13.3. The van der Waals surface area contributed by atoms with Gasteiger partial charge in [0.05, 0.1) is 14.4 Å². The molecular weight excluding hydrogens is 346 g/mol. The second kappa shape index (κ2) is 4.45. The van der Waals surface area contributed by atoms with Crippen LogP contribution in [-0.2, 0) is 0 Å². The molecule has 0 aliphatic carbocycles. The first-order chi connectivity index (χ1) is 10.6.